The van der Waals surface area contributed by atoms with Crippen molar-refractivity contribution in [2.75, 3.05) is 13.2 Å². The number of hydrogen-bond donors (Lipinski definition) is 1. The van der Waals surface area contributed by atoms with E-state index in [0.717, 1.165) is 41.8 Å². The minimum absolute atomic E-state index is 0.200. The summed E-state index contributed by atoms with van der Waals surface area (Å²) in [6.07, 6.45) is 1.97. The van der Waals surface area contributed by atoms with Crippen molar-refractivity contribution in [1.82, 2.24) is 5.32 Å². The topological polar surface area (TPSA) is 21.3 Å². The summed E-state index contributed by atoms with van der Waals surface area (Å²) in [4.78, 5) is 0. The highest BCUT2D eigenvalue weighted by Gasteiger charge is 2.11. The maximum absolute atomic E-state index is 13.2. The number of hydrogen-bond acceptors (Lipinski definition) is 2. The Bertz CT molecular complexity index is 645. The van der Waals surface area contributed by atoms with Crippen LogP contribution in [0.25, 0.3) is 0 Å². The lowest BCUT2D eigenvalue weighted by atomic mass is 10.1. The maximum atomic E-state index is 13.2. The molecule has 0 amide bonds. The smallest absolute Gasteiger partial charge is 0.123 e. The molecule has 0 spiro atoms. The van der Waals surface area contributed by atoms with Gasteiger partial charge in [0.05, 0.1) is 6.61 Å². The van der Waals surface area contributed by atoms with E-state index in [0.29, 0.717) is 6.54 Å². The lowest BCUT2D eigenvalue weighted by Gasteiger charge is -2.08. The van der Waals surface area contributed by atoms with Gasteiger partial charge >= 0.3 is 0 Å². The van der Waals surface area contributed by atoms with Gasteiger partial charge in [-0.05, 0) is 53.9 Å². The van der Waals surface area contributed by atoms with E-state index in [1.807, 2.05) is 0 Å². The first-order valence-corrected chi connectivity index (χ1v) is 7.91. The summed E-state index contributed by atoms with van der Waals surface area (Å²) in [6, 6.07) is 11.2. The third-order valence-corrected chi connectivity index (χ3v) is 4.44. The van der Waals surface area contributed by atoms with E-state index in [-0.39, 0.29) is 5.82 Å². The molecule has 0 unspecified atom stereocenters. The van der Waals surface area contributed by atoms with E-state index in [9.17, 15) is 4.39 Å². The van der Waals surface area contributed by atoms with Gasteiger partial charge in [0.15, 0.2) is 0 Å². The molecule has 0 fully saturated rings. The normalized spacial score (nSPS) is 13.0. The molecule has 21 heavy (non-hydrogen) atoms. The van der Waals surface area contributed by atoms with Crippen molar-refractivity contribution in [2.24, 2.45) is 0 Å². The van der Waals surface area contributed by atoms with Gasteiger partial charge in [0.25, 0.3) is 0 Å². The van der Waals surface area contributed by atoms with Crippen LogP contribution in [0.1, 0.15) is 16.7 Å². The van der Waals surface area contributed by atoms with Crippen molar-refractivity contribution in [3.05, 3.63) is 63.4 Å². The Morgan fingerprint density at radius 1 is 1.19 bits per heavy atom. The molecular formula is C17H17BrFNO. The molecule has 0 radical (unpaired) electrons. The molecule has 2 aromatic rings. The van der Waals surface area contributed by atoms with Crippen LogP contribution < -0.4 is 10.1 Å². The second kappa shape index (κ2) is 6.58. The van der Waals surface area contributed by atoms with E-state index in [4.69, 9.17) is 4.74 Å². The first kappa shape index (κ1) is 14.5. The quantitative estimate of drug-likeness (QED) is 0.827. The predicted octanol–water partition coefficient (Wildman–Crippen LogP) is 3.86. The molecule has 2 aromatic carbocycles. The fourth-order valence-corrected chi connectivity index (χ4v) is 2.92. The maximum Gasteiger partial charge on any atom is 0.123 e. The monoisotopic (exact) mass is 349 g/mol. The SMILES string of the molecule is Fc1ccc(Br)c(CNCCc2ccc3c(c2)CCO3)c1. The van der Waals surface area contributed by atoms with Gasteiger partial charge < -0.3 is 10.1 Å². The predicted molar refractivity (Wildman–Crippen MR) is 85.2 cm³/mol. The number of halogens is 2. The molecule has 0 bridgehead atoms. The Labute approximate surface area is 132 Å². The van der Waals surface area contributed by atoms with E-state index < -0.39 is 0 Å². The fraction of sp³-hybridized carbons (Fsp3) is 0.294. The van der Waals surface area contributed by atoms with E-state index in [2.05, 4.69) is 39.4 Å². The second-order valence-corrected chi connectivity index (χ2v) is 6.06. The molecule has 1 heterocycles. The largest absolute Gasteiger partial charge is 0.493 e. The van der Waals surface area contributed by atoms with Crippen LogP contribution in [0.5, 0.6) is 5.75 Å². The number of fused-ring (bicyclic) bond motifs is 1. The standard InChI is InChI=1S/C17H17BrFNO/c18-16-3-2-15(19)10-14(16)11-20-7-5-12-1-4-17-13(9-12)6-8-21-17/h1-4,9-10,20H,5-8,11H2. The van der Waals surface area contributed by atoms with Gasteiger partial charge in [0, 0.05) is 17.4 Å². The molecule has 0 saturated carbocycles. The Morgan fingerprint density at radius 3 is 3.00 bits per heavy atom. The average molecular weight is 350 g/mol. The summed E-state index contributed by atoms with van der Waals surface area (Å²) < 4.78 is 19.6. The van der Waals surface area contributed by atoms with Crippen molar-refractivity contribution in [2.45, 2.75) is 19.4 Å². The second-order valence-electron chi connectivity index (χ2n) is 5.20. The van der Waals surface area contributed by atoms with Gasteiger partial charge in [-0.3, -0.25) is 0 Å². The number of nitrogens with one attached hydrogen (secondary N) is 1. The Hall–Kier alpha value is -1.39. The first-order chi connectivity index (χ1) is 10.2. The van der Waals surface area contributed by atoms with Gasteiger partial charge in [0.1, 0.15) is 11.6 Å². The Balaban J connectivity index is 1.51. The van der Waals surface area contributed by atoms with Crippen molar-refractivity contribution in [3.63, 3.8) is 0 Å². The number of ether oxygens (including phenoxy) is 1. The molecular weight excluding hydrogens is 333 g/mol. The van der Waals surface area contributed by atoms with Crippen LogP contribution in [-0.2, 0) is 19.4 Å². The van der Waals surface area contributed by atoms with Crippen molar-refractivity contribution in [1.29, 1.82) is 0 Å². The number of rotatable bonds is 5. The molecule has 0 aliphatic carbocycles. The van der Waals surface area contributed by atoms with Crippen LogP contribution in [0.2, 0.25) is 0 Å². The summed E-state index contributed by atoms with van der Waals surface area (Å²) in [5, 5.41) is 3.36. The first-order valence-electron chi connectivity index (χ1n) is 7.11. The Morgan fingerprint density at radius 2 is 2.10 bits per heavy atom. The third kappa shape index (κ3) is 3.63. The highest BCUT2D eigenvalue weighted by Crippen LogP contribution is 2.25. The van der Waals surface area contributed by atoms with Gasteiger partial charge in [-0.25, -0.2) is 4.39 Å². The summed E-state index contributed by atoms with van der Waals surface area (Å²) in [6.45, 7) is 2.32. The van der Waals surface area contributed by atoms with Crippen LogP contribution in [0.15, 0.2) is 40.9 Å². The summed E-state index contributed by atoms with van der Waals surface area (Å²) in [5.74, 6) is 0.823. The highest BCUT2D eigenvalue weighted by atomic mass is 79.9. The zero-order valence-corrected chi connectivity index (χ0v) is 13.2. The van der Waals surface area contributed by atoms with Crippen LogP contribution in [-0.4, -0.2) is 13.2 Å². The molecule has 0 saturated heterocycles. The minimum Gasteiger partial charge on any atom is -0.493 e. The number of benzene rings is 2. The van der Waals surface area contributed by atoms with Crippen LogP contribution in [0, 0.1) is 5.82 Å². The van der Waals surface area contributed by atoms with E-state index in [1.165, 1.54) is 17.2 Å². The molecule has 110 valence electrons. The van der Waals surface area contributed by atoms with Crippen LogP contribution in [0.4, 0.5) is 4.39 Å². The molecule has 0 aromatic heterocycles. The molecule has 1 aliphatic rings. The van der Waals surface area contributed by atoms with Crippen LogP contribution in [0.3, 0.4) is 0 Å². The fourth-order valence-electron chi connectivity index (χ4n) is 2.53. The molecule has 0 atom stereocenters. The summed E-state index contributed by atoms with van der Waals surface area (Å²) in [7, 11) is 0. The summed E-state index contributed by atoms with van der Waals surface area (Å²) >= 11 is 3.44. The van der Waals surface area contributed by atoms with E-state index >= 15 is 0 Å². The third-order valence-electron chi connectivity index (χ3n) is 3.67. The average Bonchev–Trinajstić information content (AvgIpc) is 2.94. The van der Waals surface area contributed by atoms with Crippen LogP contribution >= 0.6 is 15.9 Å². The zero-order valence-electron chi connectivity index (χ0n) is 11.7. The molecule has 3 rings (SSSR count). The molecule has 1 aliphatic heterocycles. The van der Waals surface area contributed by atoms with Gasteiger partial charge in [0.2, 0.25) is 0 Å². The van der Waals surface area contributed by atoms with Crippen molar-refractivity contribution in [3.8, 4) is 5.75 Å². The van der Waals surface area contributed by atoms with Crippen molar-refractivity contribution < 1.29 is 9.13 Å². The Kier molecular flexibility index (Phi) is 4.56. The van der Waals surface area contributed by atoms with E-state index in [1.54, 1.807) is 12.1 Å². The van der Waals surface area contributed by atoms with Gasteiger partial charge in [-0.2, -0.15) is 0 Å². The lowest BCUT2D eigenvalue weighted by Crippen LogP contribution is -2.17. The lowest BCUT2D eigenvalue weighted by molar-refractivity contribution is 0.357. The molecule has 2 nitrogen and oxygen atoms in total. The van der Waals surface area contributed by atoms with Gasteiger partial charge in [-0.15, -0.1) is 0 Å². The van der Waals surface area contributed by atoms with Gasteiger partial charge in [-0.1, -0.05) is 28.1 Å². The molecule has 1 N–H and O–H groups in total. The summed E-state index contributed by atoms with van der Waals surface area (Å²) in [5.41, 5.74) is 3.56. The highest BCUT2D eigenvalue weighted by molar-refractivity contribution is 9.10. The zero-order chi connectivity index (χ0) is 14.7. The molecule has 4 heteroatoms. The minimum atomic E-state index is -0.200. The van der Waals surface area contributed by atoms with Crippen molar-refractivity contribution >= 4 is 15.9 Å².